The molecule has 0 aliphatic heterocycles. The Hall–Kier alpha value is -3.32. The number of rotatable bonds is 3. The number of nitriles is 1. The van der Waals surface area contributed by atoms with Crippen LogP contribution in [0.25, 0.3) is 22.4 Å². The molecule has 4 heteroatoms. The van der Waals surface area contributed by atoms with Crippen molar-refractivity contribution in [1.29, 1.82) is 5.26 Å². The molecule has 0 bridgehead atoms. The summed E-state index contributed by atoms with van der Waals surface area (Å²) in [5.74, 6) is 0.768. The third-order valence-electron chi connectivity index (χ3n) is 3.75. The van der Waals surface area contributed by atoms with Gasteiger partial charge >= 0.3 is 0 Å². The van der Waals surface area contributed by atoms with E-state index in [4.69, 9.17) is 9.68 Å². The molecular weight excluding hydrogens is 286 g/mol. The zero-order chi connectivity index (χ0) is 15.6. The van der Waals surface area contributed by atoms with Crippen LogP contribution in [-0.2, 0) is 6.54 Å². The van der Waals surface area contributed by atoms with Gasteiger partial charge < -0.3 is 4.42 Å². The van der Waals surface area contributed by atoms with Crippen molar-refractivity contribution in [1.82, 2.24) is 9.78 Å². The summed E-state index contributed by atoms with van der Waals surface area (Å²) in [7, 11) is 0. The fourth-order valence-corrected chi connectivity index (χ4v) is 2.56. The number of hydrogen-bond donors (Lipinski definition) is 0. The number of nitrogens with zero attached hydrogens (tertiary/aromatic N) is 3. The second-order valence-electron chi connectivity index (χ2n) is 5.36. The van der Waals surface area contributed by atoms with Crippen LogP contribution in [0.15, 0.2) is 71.3 Å². The van der Waals surface area contributed by atoms with E-state index in [1.54, 1.807) is 0 Å². The fourth-order valence-electron chi connectivity index (χ4n) is 2.56. The third kappa shape index (κ3) is 2.60. The minimum absolute atomic E-state index is 0.659. The van der Waals surface area contributed by atoms with Gasteiger partial charge in [-0.25, -0.2) is 0 Å². The minimum atomic E-state index is 0.659. The van der Waals surface area contributed by atoms with Crippen LogP contribution in [0.1, 0.15) is 11.1 Å². The highest BCUT2D eigenvalue weighted by Gasteiger charge is 2.09. The monoisotopic (exact) mass is 299 g/mol. The lowest BCUT2D eigenvalue weighted by molar-refractivity contribution is 0.621. The molecule has 4 aromatic rings. The zero-order valence-corrected chi connectivity index (χ0v) is 12.3. The molecule has 0 aliphatic carbocycles. The molecule has 2 heterocycles. The summed E-state index contributed by atoms with van der Waals surface area (Å²) in [4.78, 5) is 0. The Bertz CT molecular complexity index is 970. The number of hydrogen-bond acceptors (Lipinski definition) is 3. The van der Waals surface area contributed by atoms with Gasteiger partial charge in [0, 0.05) is 11.6 Å². The summed E-state index contributed by atoms with van der Waals surface area (Å²) in [5.41, 5.74) is 3.44. The lowest BCUT2D eigenvalue weighted by Gasteiger charge is -2.01. The van der Waals surface area contributed by atoms with E-state index < -0.39 is 0 Å². The van der Waals surface area contributed by atoms with Crippen molar-refractivity contribution in [3.63, 3.8) is 0 Å². The maximum absolute atomic E-state index is 8.83. The van der Waals surface area contributed by atoms with Gasteiger partial charge in [0.05, 0.1) is 18.2 Å². The predicted molar refractivity (Wildman–Crippen MR) is 87.7 cm³/mol. The Kier molecular flexibility index (Phi) is 3.17. The molecule has 2 aromatic carbocycles. The van der Waals surface area contributed by atoms with Crippen molar-refractivity contribution in [3.8, 4) is 17.5 Å². The SMILES string of the molecule is N#Cc1ccc(Cn2ccc(-c3cc4ccccc4o3)n2)cc1. The van der Waals surface area contributed by atoms with Crippen LogP contribution in [0.5, 0.6) is 0 Å². The first-order chi connectivity index (χ1) is 11.3. The van der Waals surface area contributed by atoms with Crippen molar-refractivity contribution in [3.05, 3.63) is 78.0 Å². The molecule has 0 radical (unpaired) electrons. The molecule has 0 unspecified atom stereocenters. The molecule has 4 nitrogen and oxygen atoms in total. The summed E-state index contributed by atoms with van der Waals surface area (Å²) in [5, 5.41) is 14.5. The Morgan fingerprint density at radius 1 is 1.04 bits per heavy atom. The van der Waals surface area contributed by atoms with Gasteiger partial charge in [0.2, 0.25) is 0 Å². The number of benzene rings is 2. The molecule has 0 aliphatic rings. The van der Waals surface area contributed by atoms with Crippen molar-refractivity contribution in [2.75, 3.05) is 0 Å². The van der Waals surface area contributed by atoms with E-state index in [1.165, 1.54) is 0 Å². The van der Waals surface area contributed by atoms with Crippen LogP contribution in [0.3, 0.4) is 0 Å². The molecule has 0 amide bonds. The van der Waals surface area contributed by atoms with E-state index in [9.17, 15) is 0 Å². The van der Waals surface area contributed by atoms with E-state index in [2.05, 4.69) is 11.2 Å². The Morgan fingerprint density at radius 3 is 2.65 bits per heavy atom. The average molecular weight is 299 g/mol. The Balaban J connectivity index is 1.59. The molecule has 0 saturated heterocycles. The molecule has 23 heavy (non-hydrogen) atoms. The lowest BCUT2D eigenvalue weighted by Crippen LogP contribution is -2.00. The van der Waals surface area contributed by atoms with E-state index in [0.717, 1.165) is 28.0 Å². The molecule has 4 rings (SSSR count). The standard InChI is InChI=1S/C19H13N3O/c20-12-14-5-7-15(8-6-14)13-22-10-9-17(21-22)19-11-16-3-1-2-4-18(16)23-19/h1-11H,13H2. The zero-order valence-electron chi connectivity index (χ0n) is 12.3. The quantitative estimate of drug-likeness (QED) is 0.569. The van der Waals surface area contributed by atoms with Crippen LogP contribution in [0, 0.1) is 11.3 Å². The van der Waals surface area contributed by atoms with Crippen molar-refractivity contribution in [2.24, 2.45) is 0 Å². The highest BCUT2D eigenvalue weighted by Crippen LogP contribution is 2.26. The number of fused-ring (bicyclic) bond motifs is 1. The van der Waals surface area contributed by atoms with Crippen LogP contribution in [-0.4, -0.2) is 9.78 Å². The average Bonchev–Trinajstić information content (AvgIpc) is 3.21. The number of para-hydroxylation sites is 1. The smallest absolute Gasteiger partial charge is 0.155 e. The number of furan rings is 1. The summed E-state index contributed by atoms with van der Waals surface area (Å²) < 4.78 is 7.70. The first-order valence-electron chi connectivity index (χ1n) is 7.33. The molecule has 0 atom stereocenters. The normalized spacial score (nSPS) is 10.7. The van der Waals surface area contributed by atoms with E-state index in [0.29, 0.717) is 12.1 Å². The first-order valence-corrected chi connectivity index (χ1v) is 7.33. The molecular formula is C19H13N3O. The van der Waals surface area contributed by atoms with Crippen LogP contribution in [0.4, 0.5) is 0 Å². The van der Waals surface area contributed by atoms with Gasteiger partial charge in [0.1, 0.15) is 11.3 Å². The first kappa shape index (κ1) is 13.4. The second kappa shape index (κ2) is 5.47. The van der Waals surface area contributed by atoms with E-state index in [1.807, 2.05) is 71.5 Å². The van der Waals surface area contributed by atoms with Gasteiger partial charge in [-0.05, 0) is 35.9 Å². The van der Waals surface area contributed by atoms with Crippen LogP contribution in [0.2, 0.25) is 0 Å². The topological polar surface area (TPSA) is 54.8 Å². The molecule has 110 valence electrons. The fraction of sp³-hybridized carbons (Fsp3) is 0.0526. The van der Waals surface area contributed by atoms with Gasteiger partial charge in [-0.3, -0.25) is 4.68 Å². The summed E-state index contributed by atoms with van der Waals surface area (Å²) >= 11 is 0. The van der Waals surface area contributed by atoms with Gasteiger partial charge in [-0.15, -0.1) is 0 Å². The third-order valence-corrected chi connectivity index (χ3v) is 3.75. The predicted octanol–water partition coefficient (Wildman–Crippen LogP) is 4.22. The van der Waals surface area contributed by atoms with Crippen LogP contribution < -0.4 is 0 Å². The highest BCUT2D eigenvalue weighted by atomic mass is 16.3. The lowest BCUT2D eigenvalue weighted by atomic mass is 10.1. The van der Waals surface area contributed by atoms with Gasteiger partial charge in [0.15, 0.2) is 5.76 Å². The van der Waals surface area contributed by atoms with Crippen molar-refractivity contribution >= 4 is 11.0 Å². The van der Waals surface area contributed by atoms with Gasteiger partial charge in [-0.1, -0.05) is 30.3 Å². The Morgan fingerprint density at radius 2 is 1.87 bits per heavy atom. The minimum Gasteiger partial charge on any atom is -0.454 e. The Labute approximate surface area is 133 Å². The number of aromatic nitrogens is 2. The highest BCUT2D eigenvalue weighted by molar-refractivity contribution is 5.81. The molecule has 0 N–H and O–H groups in total. The molecule has 0 fully saturated rings. The summed E-state index contributed by atoms with van der Waals surface area (Å²) in [6, 6.07) is 21.5. The molecule has 0 spiro atoms. The van der Waals surface area contributed by atoms with Crippen molar-refractivity contribution < 1.29 is 4.42 Å². The molecule has 2 aromatic heterocycles. The summed E-state index contributed by atoms with van der Waals surface area (Å²) in [6.45, 7) is 0.659. The van der Waals surface area contributed by atoms with Gasteiger partial charge in [0.25, 0.3) is 0 Å². The maximum Gasteiger partial charge on any atom is 0.155 e. The summed E-state index contributed by atoms with van der Waals surface area (Å²) in [6.07, 6.45) is 1.93. The van der Waals surface area contributed by atoms with E-state index in [-0.39, 0.29) is 0 Å². The van der Waals surface area contributed by atoms with Crippen molar-refractivity contribution in [2.45, 2.75) is 6.54 Å². The van der Waals surface area contributed by atoms with E-state index >= 15 is 0 Å². The van der Waals surface area contributed by atoms with Gasteiger partial charge in [-0.2, -0.15) is 10.4 Å². The van der Waals surface area contributed by atoms with Crippen LogP contribution >= 0.6 is 0 Å². The largest absolute Gasteiger partial charge is 0.454 e. The second-order valence-corrected chi connectivity index (χ2v) is 5.36. The maximum atomic E-state index is 8.83. The molecule has 0 saturated carbocycles.